The first-order valence-corrected chi connectivity index (χ1v) is 11.1. The molecule has 2 aliphatic heterocycles. The van der Waals surface area contributed by atoms with Crippen molar-refractivity contribution in [3.8, 4) is 28.7 Å². The summed E-state index contributed by atoms with van der Waals surface area (Å²) in [7, 11) is 1.15. The largest absolute Gasteiger partial charge is 0.493 e. The summed E-state index contributed by atoms with van der Waals surface area (Å²) in [6, 6.07) is 8.57. The Bertz CT molecular complexity index is 1020. The van der Waals surface area contributed by atoms with E-state index >= 15 is 0 Å². The Kier molecular flexibility index (Phi) is 6.68. The third-order valence-electron chi connectivity index (χ3n) is 5.31. The number of rotatable bonds is 7. The van der Waals surface area contributed by atoms with Crippen LogP contribution in [0.15, 0.2) is 35.2 Å². The number of hydroxylamine groups is 1. The number of carbonyl (C=O) groups excluding carboxylic acids is 1. The lowest BCUT2D eigenvalue weighted by molar-refractivity contribution is 0.0698. The molecule has 0 radical (unpaired) electrons. The summed E-state index contributed by atoms with van der Waals surface area (Å²) in [6.07, 6.45) is 1.25. The standard InChI is InChI=1S/C21H24N2O8S/c1-27-16-5-6-18(19(20(16)28-2)21(24)22-25)32(26)23-9-7-13(8-10-23)31-14-3-4-15-17(11-14)30-12-29-15/h3-6,11,13,25H,7-10,12H2,1-2H3,(H,22,24). The Labute approximate surface area is 187 Å². The fraction of sp³-hybridized carbons (Fsp3) is 0.381. The van der Waals surface area contributed by atoms with Crippen LogP contribution in [0.2, 0.25) is 0 Å². The van der Waals surface area contributed by atoms with Crippen molar-refractivity contribution in [1.82, 2.24) is 9.79 Å². The molecule has 32 heavy (non-hydrogen) atoms. The number of nitrogens with zero attached hydrogens (tertiary/aromatic N) is 1. The number of fused-ring (bicyclic) bond motifs is 1. The van der Waals surface area contributed by atoms with Gasteiger partial charge in [0.1, 0.15) is 28.4 Å². The second-order valence-electron chi connectivity index (χ2n) is 7.13. The Hall–Kier alpha value is -3.02. The molecule has 10 nitrogen and oxygen atoms in total. The van der Waals surface area contributed by atoms with Crippen LogP contribution in [-0.2, 0) is 11.0 Å². The molecule has 1 fully saturated rings. The van der Waals surface area contributed by atoms with Crippen LogP contribution in [0, 0.1) is 0 Å². The van der Waals surface area contributed by atoms with Gasteiger partial charge in [-0.2, -0.15) is 0 Å². The van der Waals surface area contributed by atoms with E-state index in [1.54, 1.807) is 21.9 Å². The van der Waals surface area contributed by atoms with Gasteiger partial charge in [-0.15, -0.1) is 0 Å². The number of amides is 1. The lowest BCUT2D eigenvalue weighted by Gasteiger charge is -2.31. The third kappa shape index (κ3) is 4.31. The molecule has 0 aliphatic carbocycles. The van der Waals surface area contributed by atoms with Crippen molar-refractivity contribution < 1.29 is 37.9 Å². The fourth-order valence-corrected chi connectivity index (χ4v) is 5.09. The zero-order valence-electron chi connectivity index (χ0n) is 17.7. The van der Waals surface area contributed by atoms with Gasteiger partial charge in [0.25, 0.3) is 5.91 Å². The number of piperidine rings is 1. The maximum absolute atomic E-state index is 13.3. The quantitative estimate of drug-likeness (QED) is 0.473. The molecular formula is C21H24N2O8S. The first-order chi connectivity index (χ1) is 15.5. The maximum atomic E-state index is 13.3. The Morgan fingerprint density at radius 1 is 1.12 bits per heavy atom. The van der Waals surface area contributed by atoms with Crippen LogP contribution in [-0.4, -0.2) is 59.8 Å². The maximum Gasteiger partial charge on any atom is 0.279 e. The van der Waals surface area contributed by atoms with Gasteiger partial charge in [-0.05, 0) is 37.1 Å². The molecule has 2 aromatic carbocycles. The highest BCUT2D eigenvalue weighted by Gasteiger charge is 2.30. The smallest absolute Gasteiger partial charge is 0.279 e. The molecule has 2 N–H and O–H groups in total. The minimum atomic E-state index is -1.65. The molecule has 2 aliphatic rings. The van der Waals surface area contributed by atoms with Gasteiger partial charge < -0.3 is 23.7 Å². The van der Waals surface area contributed by atoms with E-state index < -0.39 is 16.9 Å². The number of hydrogen-bond donors (Lipinski definition) is 2. The van der Waals surface area contributed by atoms with Crippen LogP contribution >= 0.6 is 0 Å². The highest BCUT2D eigenvalue weighted by Crippen LogP contribution is 2.37. The van der Waals surface area contributed by atoms with Crippen molar-refractivity contribution in [3.05, 3.63) is 35.9 Å². The van der Waals surface area contributed by atoms with E-state index in [1.807, 2.05) is 12.1 Å². The predicted molar refractivity (Wildman–Crippen MR) is 113 cm³/mol. The fourth-order valence-electron chi connectivity index (χ4n) is 3.72. The Morgan fingerprint density at radius 3 is 2.56 bits per heavy atom. The molecule has 0 saturated carbocycles. The Morgan fingerprint density at radius 2 is 1.88 bits per heavy atom. The summed E-state index contributed by atoms with van der Waals surface area (Å²) in [4.78, 5) is 12.5. The van der Waals surface area contributed by atoms with Crippen molar-refractivity contribution in [3.63, 3.8) is 0 Å². The zero-order chi connectivity index (χ0) is 22.7. The summed E-state index contributed by atoms with van der Waals surface area (Å²) in [6.45, 7) is 1.20. The monoisotopic (exact) mass is 464 g/mol. The van der Waals surface area contributed by atoms with Crippen LogP contribution in [0.1, 0.15) is 23.2 Å². The zero-order valence-corrected chi connectivity index (χ0v) is 18.5. The van der Waals surface area contributed by atoms with Gasteiger partial charge >= 0.3 is 0 Å². The lowest BCUT2D eigenvalue weighted by atomic mass is 10.1. The van der Waals surface area contributed by atoms with Gasteiger partial charge in [-0.3, -0.25) is 10.0 Å². The molecule has 1 unspecified atom stereocenters. The van der Waals surface area contributed by atoms with Gasteiger partial charge in [-0.1, -0.05) is 0 Å². The number of carbonyl (C=O) groups is 1. The molecule has 1 amide bonds. The number of hydrogen-bond acceptors (Lipinski definition) is 8. The van der Waals surface area contributed by atoms with E-state index in [0.29, 0.717) is 48.9 Å². The number of methoxy groups -OCH3 is 2. The molecule has 2 heterocycles. The van der Waals surface area contributed by atoms with Crippen molar-refractivity contribution in [2.45, 2.75) is 23.8 Å². The van der Waals surface area contributed by atoms with E-state index in [1.165, 1.54) is 20.3 Å². The Balaban J connectivity index is 1.46. The minimum absolute atomic E-state index is 0.0357. The molecule has 2 aromatic rings. The molecule has 1 saturated heterocycles. The number of ether oxygens (including phenoxy) is 5. The van der Waals surface area contributed by atoms with Gasteiger partial charge in [0, 0.05) is 19.2 Å². The summed E-state index contributed by atoms with van der Waals surface area (Å²) in [5, 5.41) is 9.18. The minimum Gasteiger partial charge on any atom is -0.493 e. The van der Waals surface area contributed by atoms with Gasteiger partial charge in [-0.25, -0.2) is 14.0 Å². The van der Waals surface area contributed by atoms with Crippen molar-refractivity contribution in [2.24, 2.45) is 0 Å². The van der Waals surface area contributed by atoms with Crippen LogP contribution in [0.3, 0.4) is 0 Å². The van der Waals surface area contributed by atoms with Gasteiger partial charge in [0.15, 0.2) is 23.0 Å². The van der Waals surface area contributed by atoms with Crippen LogP contribution in [0.25, 0.3) is 0 Å². The van der Waals surface area contributed by atoms with Crippen molar-refractivity contribution in [2.75, 3.05) is 34.1 Å². The summed E-state index contributed by atoms with van der Waals surface area (Å²) >= 11 is 0. The van der Waals surface area contributed by atoms with E-state index in [9.17, 15) is 14.2 Å². The second kappa shape index (κ2) is 9.63. The van der Waals surface area contributed by atoms with Gasteiger partial charge in [0.05, 0.1) is 19.1 Å². The van der Waals surface area contributed by atoms with E-state index in [4.69, 9.17) is 23.7 Å². The average Bonchev–Trinajstić information content (AvgIpc) is 3.30. The molecule has 0 spiro atoms. The average molecular weight is 464 g/mol. The van der Waals surface area contributed by atoms with Crippen LogP contribution < -0.4 is 29.2 Å². The third-order valence-corrected chi connectivity index (χ3v) is 6.86. The lowest BCUT2D eigenvalue weighted by Crippen LogP contribution is -2.39. The van der Waals surface area contributed by atoms with E-state index in [-0.39, 0.29) is 29.1 Å². The topological polar surface area (TPSA) is 116 Å². The number of nitrogens with one attached hydrogen (secondary N) is 1. The molecular weight excluding hydrogens is 440 g/mol. The summed E-state index contributed by atoms with van der Waals surface area (Å²) < 4.78 is 42.3. The number of benzene rings is 2. The van der Waals surface area contributed by atoms with Crippen LogP contribution in [0.5, 0.6) is 28.7 Å². The van der Waals surface area contributed by atoms with Crippen LogP contribution in [0.4, 0.5) is 0 Å². The van der Waals surface area contributed by atoms with Gasteiger partial charge in [0.2, 0.25) is 6.79 Å². The molecule has 11 heteroatoms. The first-order valence-electron chi connectivity index (χ1n) is 9.98. The van der Waals surface area contributed by atoms with E-state index in [2.05, 4.69) is 0 Å². The van der Waals surface area contributed by atoms with E-state index in [0.717, 1.165) is 0 Å². The van der Waals surface area contributed by atoms with Crippen molar-refractivity contribution in [1.29, 1.82) is 0 Å². The molecule has 1 atom stereocenters. The summed E-state index contributed by atoms with van der Waals surface area (Å²) in [5.41, 5.74) is 1.56. The highest BCUT2D eigenvalue weighted by molar-refractivity contribution is 7.82. The molecule has 4 rings (SSSR count). The highest BCUT2D eigenvalue weighted by atomic mass is 32.2. The molecule has 172 valence electrons. The SMILES string of the molecule is COc1ccc(S(=O)N2CCC(Oc3ccc4c(c3)OCO4)CC2)c(C(=O)NO)c1OC. The predicted octanol–water partition coefficient (Wildman–Crippen LogP) is 2.12. The second-order valence-corrected chi connectivity index (χ2v) is 8.58. The van der Waals surface area contributed by atoms with Crippen molar-refractivity contribution >= 4 is 16.9 Å². The molecule has 0 bridgehead atoms. The summed E-state index contributed by atoms with van der Waals surface area (Å²) in [5.74, 6) is 1.61. The first kappa shape index (κ1) is 22.2. The normalized spacial score (nSPS) is 17.0. The molecule has 0 aromatic heterocycles.